The highest BCUT2D eigenvalue weighted by Gasteiger charge is 2.30. The molecule has 2 atom stereocenters. The molecule has 0 aliphatic carbocycles. The fourth-order valence-electron chi connectivity index (χ4n) is 5.07. The van der Waals surface area contributed by atoms with E-state index in [1.165, 1.54) is 42.6 Å². The predicted molar refractivity (Wildman–Crippen MR) is 114 cm³/mol. The number of benzene rings is 2. The first-order valence-electron chi connectivity index (χ1n) is 10.8. The molecule has 2 aliphatic rings. The van der Waals surface area contributed by atoms with Crippen molar-refractivity contribution in [3.05, 3.63) is 66.0 Å². The minimum atomic E-state index is 0.411. The molecule has 0 spiro atoms. The van der Waals surface area contributed by atoms with Crippen LogP contribution in [-0.2, 0) is 0 Å². The summed E-state index contributed by atoms with van der Waals surface area (Å²) in [5.74, 6) is 1.26. The first kappa shape index (κ1) is 17.9. The van der Waals surface area contributed by atoms with Crippen LogP contribution in [-0.4, -0.2) is 34.1 Å². The Bertz CT molecular complexity index is 918. The lowest BCUT2D eigenvalue weighted by Crippen LogP contribution is -2.37. The Hall–Kier alpha value is -2.17. The molecule has 0 saturated carbocycles. The number of aromatic nitrogens is 2. The van der Waals surface area contributed by atoms with Gasteiger partial charge in [-0.1, -0.05) is 42.5 Å². The lowest BCUT2D eigenvalue weighted by molar-refractivity contribution is 0.143. The number of hydrogen-bond donors (Lipinski definition) is 1. The molecular formula is C24H30N4. The van der Waals surface area contributed by atoms with Gasteiger partial charge in [-0.15, -0.1) is 0 Å². The van der Waals surface area contributed by atoms with Crippen molar-refractivity contribution in [2.24, 2.45) is 0 Å². The van der Waals surface area contributed by atoms with Crippen molar-refractivity contribution in [2.45, 2.75) is 50.7 Å². The second-order valence-corrected chi connectivity index (χ2v) is 8.33. The van der Waals surface area contributed by atoms with Crippen molar-refractivity contribution >= 4 is 11.0 Å². The van der Waals surface area contributed by atoms with Crippen LogP contribution in [0.15, 0.2) is 54.6 Å². The van der Waals surface area contributed by atoms with E-state index in [-0.39, 0.29) is 0 Å². The Kier molecular flexibility index (Phi) is 4.91. The minimum Gasteiger partial charge on any atom is -0.323 e. The maximum absolute atomic E-state index is 5.06. The predicted octanol–water partition coefficient (Wildman–Crippen LogP) is 4.86. The molecule has 1 aromatic heterocycles. The van der Waals surface area contributed by atoms with Gasteiger partial charge >= 0.3 is 0 Å². The van der Waals surface area contributed by atoms with Gasteiger partial charge in [-0.25, -0.2) is 4.98 Å². The van der Waals surface area contributed by atoms with Gasteiger partial charge in [0.1, 0.15) is 5.82 Å². The number of rotatable bonds is 4. The average molecular weight is 375 g/mol. The summed E-state index contributed by atoms with van der Waals surface area (Å²) in [6, 6.07) is 21.0. The number of piperidine rings is 1. The van der Waals surface area contributed by atoms with Gasteiger partial charge in [0.05, 0.1) is 17.1 Å². The summed E-state index contributed by atoms with van der Waals surface area (Å²) in [7, 11) is 0. The van der Waals surface area contributed by atoms with E-state index in [4.69, 9.17) is 4.98 Å². The maximum Gasteiger partial charge on any atom is 0.127 e. The van der Waals surface area contributed by atoms with Crippen molar-refractivity contribution in [1.82, 2.24) is 19.8 Å². The van der Waals surface area contributed by atoms with E-state index in [2.05, 4.69) is 76.3 Å². The van der Waals surface area contributed by atoms with E-state index < -0.39 is 0 Å². The van der Waals surface area contributed by atoms with Crippen LogP contribution in [0.2, 0.25) is 0 Å². The van der Waals surface area contributed by atoms with E-state index >= 15 is 0 Å². The second-order valence-electron chi connectivity index (χ2n) is 8.33. The van der Waals surface area contributed by atoms with Crippen LogP contribution < -0.4 is 5.32 Å². The SMILES string of the molecule is CC(c1ccccc1)N1CCC(n2c([C@@H]3CCCN3)nc3ccccc32)CC1. The molecule has 2 saturated heterocycles. The molecule has 3 aromatic rings. The normalized spacial score (nSPS) is 22.7. The third kappa shape index (κ3) is 3.25. The van der Waals surface area contributed by atoms with Gasteiger partial charge in [-0.05, 0) is 56.8 Å². The van der Waals surface area contributed by atoms with Crippen molar-refractivity contribution < 1.29 is 0 Å². The van der Waals surface area contributed by atoms with Crippen molar-refractivity contribution in [1.29, 1.82) is 0 Å². The summed E-state index contributed by atoms with van der Waals surface area (Å²) >= 11 is 0. The zero-order valence-electron chi connectivity index (χ0n) is 16.7. The number of para-hydroxylation sites is 2. The summed E-state index contributed by atoms with van der Waals surface area (Å²) in [5.41, 5.74) is 3.87. The van der Waals surface area contributed by atoms with E-state index in [1.807, 2.05) is 0 Å². The fourth-order valence-corrected chi connectivity index (χ4v) is 5.07. The van der Waals surface area contributed by atoms with Crippen molar-refractivity contribution in [2.75, 3.05) is 19.6 Å². The highest BCUT2D eigenvalue weighted by atomic mass is 15.2. The van der Waals surface area contributed by atoms with Gasteiger partial charge in [0, 0.05) is 25.2 Å². The Morgan fingerprint density at radius 1 is 0.964 bits per heavy atom. The molecule has 28 heavy (non-hydrogen) atoms. The Balaban J connectivity index is 1.39. The van der Waals surface area contributed by atoms with Gasteiger partial charge in [-0.2, -0.15) is 0 Å². The lowest BCUT2D eigenvalue weighted by atomic mass is 9.99. The standard InChI is InChI=1S/C24H30N4/c1-18(19-8-3-2-4-9-19)27-16-13-20(14-17-27)28-23-12-6-5-10-21(23)26-24(28)22-11-7-15-25-22/h2-6,8-10,12,18,20,22,25H,7,11,13-17H2,1H3/t18?,22-/m0/s1. The largest absolute Gasteiger partial charge is 0.323 e. The molecule has 1 unspecified atom stereocenters. The smallest absolute Gasteiger partial charge is 0.127 e. The highest BCUT2D eigenvalue weighted by molar-refractivity contribution is 5.76. The maximum atomic E-state index is 5.06. The van der Waals surface area contributed by atoms with E-state index in [0.717, 1.165) is 25.2 Å². The van der Waals surface area contributed by atoms with Crippen LogP contribution in [0.25, 0.3) is 11.0 Å². The molecule has 2 aromatic carbocycles. The number of nitrogens with zero attached hydrogens (tertiary/aromatic N) is 3. The molecule has 146 valence electrons. The average Bonchev–Trinajstić information content (AvgIpc) is 3.42. The first-order valence-corrected chi connectivity index (χ1v) is 10.8. The van der Waals surface area contributed by atoms with Gasteiger partial charge in [0.25, 0.3) is 0 Å². The van der Waals surface area contributed by atoms with E-state index in [0.29, 0.717) is 18.1 Å². The van der Waals surface area contributed by atoms with Crippen molar-refractivity contribution in [3.63, 3.8) is 0 Å². The monoisotopic (exact) mass is 374 g/mol. The number of fused-ring (bicyclic) bond motifs is 1. The van der Waals surface area contributed by atoms with Gasteiger partial charge in [-0.3, -0.25) is 4.90 Å². The first-order chi connectivity index (χ1) is 13.8. The van der Waals surface area contributed by atoms with Crippen LogP contribution in [0.3, 0.4) is 0 Å². The van der Waals surface area contributed by atoms with Crippen LogP contribution in [0, 0.1) is 0 Å². The fraction of sp³-hybridized carbons (Fsp3) is 0.458. The number of hydrogen-bond acceptors (Lipinski definition) is 3. The van der Waals surface area contributed by atoms with E-state index in [1.54, 1.807) is 0 Å². The third-order valence-corrected chi connectivity index (χ3v) is 6.69. The number of nitrogens with one attached hydrogen (secondary N) is 1. The molecule has 0 radical (unpaired) electrons. The van der Waals surface area contributed by atoms with Crippen LogP contribution in [0.5, 0.6) is 0 Å². The topological polar surface area (TPSA) is 33.1 Å². The Labute approximate surface area is 167 Å². The summed E-state index contributed by atoms with van der Waals surface area (Å²) in [5, 5.41) is 3.67. The molecule has 2 aliphatic heterocycles. The second kappa shape index (κ2) is 7.69. The molecule has 4 nitrogen and oxygen atoms in total. The van der Waals surface area contributed by atoms with Crippen LogP contribution in [0.4, 0.5) is 0 Å². The molecular weight excluding hydrogens is 344 g/mol. The lowest BCUT2D eigenvalue weighted by Gasteiger charge is -2.37. The zero-order chi connectivity index (χ0) is 18.9. The number of likely N-dealkylation sites (tertiary alicyclic amines) is 1. The van der Waals surface area contributed by atoms with Gasteiger partial charge < -0.3 is 9.88 Å². The van der Waals surface area contributed by atoms with E-state index in [9.17, 15) is 0 Å². The highest BCUT2D eigenvalue weighted by Crippen LogP contribution is 2.35. The van der Waals surface area contributed by atoms with Crippen molar-refractivity contribution in [3.8, 4) is 0 Å². The minimum absolute atomic E-state index is 0.411. The summed E-state index contributed by atoms with van der Waals surface area (Å²) in [6.45, 7) is 5.74. The van der Waals surface area contributed by atoms with Gasteiger partial charge in [0.15, 0.2) is 0 Å². The molecule has 2 fully saturated rings. The Morgan fingerprint density at radius 2 is 1.71 bits per heavy atom. The Morgan fingerprint density at radius 3 is 2.46 bits per heavy atom. The quantitative estimate of drug-likeness (QED) is 0.708. The summed E-state index contributed by atoms with van der Waals surface area (Å²) < 4.78 is 2.57. The summed E-state index contributed by atoms with van der Waals surface area (Å²) in [4.78, 5) is 7.70. The zero-order valence-corrected chi connectivity index (χ0v) is 16.7. The molecule has 1 N–H and O–H groups in total. The molecule has 4 heteroatoms. The van der Waals surface area contributed by atoms with Gasteiger partial charge in [0.2, 0.25) is 0 Å². The molecule has 3 heterocycles. The molecule has 0 bridgehead atoms. The van der Waals surface area contributed by atoms with Crippen LogP contribution >= 0.6 is 0 Å². The number of imidazole rings is 1. The van der Waals surface area contributed by atoms with Crippen LogP contribution in [0.1, 0.15) is 62.1 Å². The third-order valence-electron chi connectivity index (χ3n) is 6.69. The molecule has 0 amide bonds. The molecule has 5 rings (SSSR count). The summed E-state index contributed by atoms with van der Waals surface area (Å²) in [6.07, 6.45) is 4.84.